The van der Waals surface area contributed by atoms with Gasteiger partial charge in [-0.25, -0.2) is 4.79 Å². The van der Waals surface area contributed by atoms with Gasteiger partial charge in [-0.2, -0.15) is 0 Å². The average molecular weight is 561 g/mol. The van der Waals surface area contributed by atoms with Gasteiger partial charge < -0.3 is 14.6 Å². The van der Waals surface area contributed by atoms with Crippen molar-refractivity contribution in [3.05, 3.63) is 83.4 Å². The molecule has 0 saturated heterocycles. The van der Waals surface area contributed by atoms with E-state index in [-0.39, 0.29) is 15.9 Å². The number of aromatic carboxylic acids is 1. The van der Waals surface area contributed by atoms with Crippen LogP contribution in [-0.4, -0.2) is 54.7 Å². The molecular formula is C25H28AsNO9. The van der Waals surface area contributed by atoms with Crippen molar-refractivity contribution in [2.24, 2.45) is 0 Å². The number of hydrogen-bond acceptors (Lipinski definition) is 7. The number of ether oxygens (including phenoxy) is 2. The van der Waals surface area contributed by atoms with Gasteiger partial charge in [-0.05, 0) is 54.3 Å². The molecule has 11 heteroatoms. The molecule has 0 bridgehead atoms. The van der Waals surface area contributed by atoms with Gasteiger partial charge in [0.1, 0.15) is 11.5 Å². The van der Waals surface area contributed by atoms with E-state index in [4.69, 9.17) is 19.8 Å². The van der Waals surface area contributed by atoms with E-state index in [0.717, 1.165) is 35.5 Å². The summed E-state index contributed by atoms with van der Waals surface area (Å²) in [5, 5.41) is 19.7. The van der Waals surface area contributed by atoms with Crippen molar-refractivity contribution in [2.75, 3.05) is 19.5 Å². The minimum atomic E-state index is -4.92. The van der Waals surface area contributed by atoms with Crippen molar-refractivity contribution in [3.63, 3.8) is 0 Å². The zero-order valence-corrected chi connectivity index (χ0v) is 21.9. The third-order valence-corrected chi connectivity index (χ3v) is 7.53. The molecule has 0 aromatic heterocycles. The molecule has 0 saturated carbocycles. The predicted molar refractivity (Wildman–Crippen MR) is 133 cm³/mol. The van der Waals surface area contributed by atoms with Crippen molar-refractivity contribution in [1.29, 1.82) is 0 Å². The van der Waals surface area contributed by atoms with Crippen LogP contribution in [-0.2, 0) is 25.3 Å². The van der Waals surface area contributed by atoms with Crippen LogP contribution >= 0.6 is 0 Å². The van der Waals surface area contributed by atoms with Crippen LogP contribution in [0.3, 0.4) is 0 Å². The molecule has 0 radical (unpaired) electrons. The first kappa shape index (κ1) is 28.7. The van der Waals surface area contributed by atoms with Gasteiger partial charge in [0.05, 0.1) is 19.8 Å². The number of nitrogens with one attached hydrogen (secondary N) is 1. The molecule has 0 aliphatic carbocycles. The second kappa shape index (κ2) is 13.5. The number of hydrogen-bond donors (Lipinski definition) is 4. The van der Waals surface area contributed by atoms with Gasteiger partial charge in [0.15, 0.2) is 0 Å². The molecule has 192 valence electrons. The number of anilines is 1. The van der Waals surface area contributed by atoms with Crippen LogP contribution in [0.4, 0.5) is 5.69 Å². The third-order valence-electron chi connectivity index (χ3n) is 4.97. The molecular weight excluding hydrogens is 533 g/mol. The van der Waals surface area contributed by atoms with E-state index in [1.165, 1.54) is 25.1 Å². The molecule has 1 amide bonds. The fourth-order valence-corrected chi connectivity index (χ4v) is 4.95. The Morgan fingerprint density at radius 2 is 1.67 bits per heavy atom. The molecule has 1 unspecified atom stereocenters. The van der Waals surface area contributed by atoms with E-state index in [0.29, 0.717) is 5.56 Å². The van der Waals surface area contributed by atoms with Gasteiger partial charge in [0, 0.05) is 0 Å². The van der Waals surface area contributed by atoms with Crippen molar-refractivity contribution in [2.45, 2.75) is 19.8 Å². The first-order valence-electron chi connectivity index (χ1n) is 10.7. The zero-order valence-electron chi connectivity index (χ0n) is 20.0. The van der Waals surface area contributed by atoms with Gasteiger partial charge in [-0.3, -0.25) is 0 Å². The second-order valence-electron chi connectivity index (χ2n) is 7.48. The molecule has 0 aliphatic heterocycles. The van der Waals surface area contributed by atoms with E-state index in [1.54, 1.807) is 38.5 Å². The van der Waals surface area contributed by atoms with Crippen LogP contribution in [0.5, 0.6) is 11.5 Å². The molecule has 3 aromatic rings. The van der Waals surface area contributed by atoms with Crippen LogP contribution in [0.15, 0.2) is 66.7 Å². The molecule has 0 aliphatic rings. The summed E-state index contributed by atoms with van der Waals surface area (Å²) < 4.78 is 34.7. The Labute approximate surface area is 211 Å². The number of aryl methyl sites for hydroxylation is 2. The number of rotatable bonds is 9. The Morgan fingerprint density at radius 3 is 2.28 bits per heavy atom. The van der Waals surface area contributed by atoms with E-state index >= 15 is 0 Å². The largest absolute Gasteiger partial charge is 0.497 e. The number of amides is 1. The van der Waals surface area contributed by atoms with Gasteiger partial charge in [-0.15, -0.1) is 0 Å². The van der Waals surface area contributed by atoms with E-state index in [2.05, 4.69) is 9.19 Å². The minimum absolute atomic E-state index is 0.103. The molecule has 36 heavy (non-hydrogen) atoms. The van der Waals surface area contributed by atoms with Crippen LogP contribution in [0.2, 0.25) is 0 Å². The molecule has 1 atom stereocenters. The number of carbonyl (C=O) groups is 2. The Balaban J connectivity index is 0.000000269. The van der Waals surface area contributed by atoms with Gasteiger partial charge in [-0.1, -0.05) is 12.1 Å². The quantitative estimate of drug-likeness (QED) is 0.176. The number of para-hydroxylation sites is 1. The Hall–Kier alpha value is -3.56. The summed E-state index contributed by atoms with van der Waals surface area (Å²) in [6, 6.07) is 18.5. The molecule has 3 aromatic carbocycles. The van der Waals surface area contributed by atoms with E-state index in [9.17, 15) is 17.4 Å². The zero-order chi connectivity index (χ0) is 26.7. The van der Waals surface area contributed by atoms with Gasteiger partial charge in [0.25, 0.3) is 0 Å². The van der Waals surface area contributed by atoms with E-state index in [1.807, 2.05) is 24.3 Å². The maximum Gasteiger partial charge on any atom is 0.335 e. The van der Waals surface area contributed by atoms with Crippen LogP contribution in [0.25, 0.3) is 0 Å². The Bertz CT molecular complexity index is 1250. The Kier molecular flexibility index (Phi) is 10.8. The summed E-state index contributed by atoms with van der Waals surface area (Å²) in [7, 11) is 3.26. The average Bonchev–Trinajstić information content (AvgIpc) is 2.87. The smallest absolute Gasteiger partial charge is 0.335 e. The fourth-order valence-electron chi connectivity index (χ4n) is 3.28. The predicted octanol–water partition coefficient (Wildman–Crippen LogP) is 2.89. The maximum absolute atomic E-state index is 11.4. The third kappa shape index (κ3) is 8.28. The van der Waals surface area contributed by atoms with Gasteiger partial charge >= 0.3 is 94.4 Å². The summed E-state index contributed by atoms with van der Waals surface area (Å²) >= 11 is -4.92. The number of carboxylic acid groups (broad SMARTS) is 1. The van der Waals surface area contributed by atoms with Crippen molar-refractivity contribution < 1.29 is 41.1 Å². The maximum atomic E-state index is 11.4. The van der Waals surface area contributed by atoms with Crippen LogP contribution < -0.4 is 19.1 Å². The first-order valence-corrected chi connectivity index (χ1v) is 14.0. The number of carbonyl (C=O) groups excluding carboxylic acids is 1. The summed E-state index contributed by atoms with van der Waals surface area (Å²) in [4.78, 5) is 21.8. The Morgan fingerprint density at radius 1 is 0.944 bits per heavy atom. The molecule has 3 rings (SSSR count). The van der Waals surface area contributed by atoms with Crippen molar-refractivity contribution >= 4 is 36.1 Å². The summed E-state index contributed by atoms with van der Waals surface area (Å²) in [6.45, 7) is 1.27. The first-order chi connectivity index (χ1) is 17.1. The summed E-state index contributed by atoms with van der Waals surface area (Å²) in [6.07, 6.45) is 1.49. The number of methoxy groups -OCH3 is 2. The fraction of sp³-hybridized carbons (Fsp3) is 0.200. The standard InChI is InChI=1S/C17H18O4.C8H10AsNO5/c1-20-15-8-9-16(21-2)13(11-15)7-6-12-4-3-5-14(10-12)17(18)19;1-6(11)10-8-5-3-2-4-7(8)9(12,13)15-14/h3-5,8-11H,6-7H2,1-2H3,(H,18,19);2-5,14H,1H3,(H,10,11)(H,12,13). The topological polar surface area (TPSA) is 152 Å². The van der Waals surface area contributed by atoms with Crippen molar-refractivity contribution in [1.82, 2.24) is 0 Å². The number of benzene rings is 3. The molecule has 0 heterocycles. The van der Waals surface area contributed by atoms with Crippen LogP contribution in [0.1, 0.15) is 28.4 Å². The molecule has 4 N–H and O–H groups in total. The summed E-state index contributed by atoms with van der Waals surface area (Å²) in [5.41, 5.74) is 2.49. The number of carboxylic acids is 1. The molecule has 0 fully saturated rings. The van der Waals surface area contributed by atoms with Crippen molar-refractivity contribution in [3.8, 4) is 11.5 Å². The van der Waals surface area contributed by atoms with E-state index < -0.39 is 20.1 Å². The molecule has 0 spiro atoms. The second-order valence-corrected chi connectivity index (χ2v) is 11.0. The van der Waals surface area contributed by atoms with Gasteiger partial charge in [0.2, 0.25) is 0 Å². The minimum Gasteiger partial charge on any atom is -0.497 e. The normalized spacial score (nSPS) is 11.9. The molecule has 10 nitrogen and oxygen atoms in total. The van der Waals surface area contributed by atoms with Crippen LogP contribution in [0, 0.1) is 0 Å². The monoisotopic (exact) mass is 561 g/mol. The summed E-state index contributed by atoms with van der Waals surface area (Å²) in [5.74, 6) is 0.307. The SMILES string of the molecule is CC(=O)Nc1ccccc1[As](=O)(O)OO.COc1ccc(OC)c(CCc2cccc(C(=O)O)c2)c1.